The second-order valence-electron chi connectivity index (χ2n) is 13.5. The number of halogens is 6. The van der Waals surface area contributed by atoms with E-state index in [4.69, 9.17) is 9.47 Å². The number of aromatic amines is 1. The van der Waals surface area contributed by atoms with E-state index in [0.717, 1.165) is 67.2 Å². The maximum absolute atomic E-state index is 13.2. The zero-order valence-corrected chi connectivity index (χ0v) is 31.5. The van der Waals surface area contributed by atoms with E-state index in [0.29, 0.717) is 43.1 Å². The molecule has 1 amide bonds. The van der Waals surface area contributed by atoms with Gasteiger partial charge in [0, 0.05) is 43.7 Å². The van der Waals surface area contributed by atoms with E-state index in [1.165, 1.54) is 11.3 Å². The van der Waals surface area contributed by atoms with Gasteiger partial charge in [0.15, 0.2) is 5.75 Å². The molecule has 0 unspecified atom stereocenters. The Labute approximate surface area is 323 Å². The monoisotopic (exact) mass is 829 g/mol. The van der Waals surface area contributed by atoms with E-state index in [9.17, 15) is 45.5 Å². The van der Waals surface area contributed by atoms with Crippen LogP contribution in [-0.2, 0) is 31.9 Å². The number of nitrogens with one attached hydrogen (secondary N) is 2. The van der Waals surface area contributed by atoms with E-state index in [1.54, 1.807) is 5.38 Å². The number of amides is 1. The van der Waals surface area contributed by atoms with Gasteiger partial charge in [-0.2, -0.15) is 26.3 Å². The molecule has 0 aliphatic carbocycles. The lowest BCUT2D eigenvalue weighted by molar-refractivity contribution is -0.205. The molecule has 302 valence electrons. The van der Waals surface area contributed by atoms with Crippen molar-refractivity contribution in [2.24, 2.45) is 0 Å². The number of nitrogens with zero attached hydrogens (tertiary/aromatic N) is 3. The van der Waals surface area contributed by atoms with E-state index in [1.807, 2.05) is 36.1 Å². The summed E-state index contributed by atoms with van der Waals surface area (Å²) in [5, 5.41) is 5.60. The summed E-state index contributed by atoms with van der Waals surface area (Å²) in [6.07, 6.45) is -9.43. The molecule has 20 heteroatoms. The van der Waals surface area contributed by atoms with Gasteiger partial charge < -0.3 is 34.3 Å². The highest BCUT2D eigenvalue weighted by Gasteiger charge is 2.44. The van der Waals surface area contributed by atoms with Gasteiger partial charge in [0.1, 0.15) is 17.3 Å². The van der Waals surface area contributed by atoms with Gasteiger partial charge in [-0.1, -0.05) is 35.6 Å². The molecular formula is C36H37F6N5O7S2. The number of alkyl halides is 6. The first-order valence-corrected chi connectivity index (χ1v) is 19.3. The summed E-state index contributed by atoms with van der Waals surface area (Å²) in [5.74, 6) is -5.80. The van der Waals surface area contributed by atoms with Crippen LogP contribution in [0.5, 0.6) is 5.75 Å². The summed E-state index contributed by atoms with van der Waals surface area (Å²) in [4.78, 5) is 58.4. The molecule has 4 heterocycles. The van der Waals surface area contributed by atoms with Gasteiger partial charge in [0.05, 0.1) is 28.5 Å². The average molecular weight is 830 g/mol. The lowest BCUT2D eigenvalue weighted by Gasteiger charge is -2.47. The number of esters is 2. The topological polar surface area (TPSA) is 143 Å². The number of rotatable bonds is 12. The minimum Gasteiger partial charge on any atom is -0.449 e. The molecule has 2 aliphatic heterocycles. The number of likely N-dealkylation sites (tertiary alicyclic amines) is 1. The molecule has 2 saturated heterocycles. The van der Waals surface area contributed by atoms with Gasteiger partial charge in [0.25, 0.3) is 5.91 Å². The predicted octanol–water partition coefficient (Wildman–Crippen LogP) is 5.35. The molecule has 1 spiro atoms. The molecule has 6 rings (SSSR count). The first kappa shape index (κ1) is 41.3. The van der Waals surface area contributed by atoms with Crippen LogP contribution in [-0.4, -0.2) is 108 Å². The van der Waals surface area contributed by atoms with Crippen LogP contribution >= 0.6 is 22.7 Å². The van der Waals surface area contributed by atoms with Crippen LogP contribution in [0.1, 0.15) is 51.1 Å². The molecule has 0 bridgehead atoms. The quantitative estimate of drug-likeness (QED) is 0.0831. The first-order chi connectivity index (χ1) is 26.5. The Bertz CT molecular complexity index is 2090. The second-order valence-corrected chi connectivity index (χ2v) is 15.6. The normalized spacial score (nSPS) is 16.9. The molecule has 56 heavy (non-hydrogen) atoms. The zero-order valence-electron chi connectivity index (χ0n) is 29.9. The van der Waals surface area contributed by atoms with Gasteiger partial charge in [-0.15, -0.1) is 11.3 Å². The Morgan fingerprint density at radius 1 is 0.982 bits per heavy atom. The van der Waals surface area contributed by atoms with Crippen LogP contribution < -0.4 is 14.9 Å². The predicted molar refractivity (Wildman–Crippen MR) is 193 cm³/mol. The van der Waals surface area contributed by atoms with Crippen LogP contribution in [0.3, 0.4) is 0 Å². The van der Waals surface area contributed by atoms with Crippen LogP contribution in [0, 0.1) is 6.92 Å². The molecule has 2 aromatic heterocycles. The average Bonchev–Trinajstić information content (AvgIpc) is 3.77. The lowest BCUT2D eigenvalue weighted by Crippen LogP contribution is -2.58. The number of benzene rings is 2. The molecule has 4 aromatic rings. The van der Waals surface area contributed by atoms with Gasteiger partial charge in [-0.3, -0.25) is 9.59 Å². The van der Waals surface area contributed by atoms with Gasteiger partial charge in [-0.05, 0) is 62.4 Å². The summed E-state index contributed by atoms with van der Waals surface area (Å²) in [6, 6.07) is 9.79. The number of ether oxygens (including phenoxy) is 3. The SMILES string of the molecule is Cc1nc(C(=O)N2CCOC3(CCN(CCc4ccc(CCNC[C@H](OC(=O)C(F)(F)F)c5ccc(OC(=O)C(F)(F)F)c6[nH]c(=O)sc56)cc4)CC3)C2)cs1. The number of carbonyl (C=O) groups excluding carboxylic acids is 3. The Kier molecular flexibility index (Phi) is 12.5. The number of hydrogen-bond acceptors (Lipinski definition) is 12. The Hall–Kier alpha value is -4.37. The maximum Gasteiger partial charge on any atom is 0.491 e. The van der Waals surface area contributed by atoms with Crippen molar-refractivity contribution >= 4 is 50.7 Å². The van der Waals surface area contributed by atoms with Crippen molar-refractivity contribution in [1.82, 2.24) is 25.1 Å². The van der Waals surface area contributed by atoms with Crippen molar-refractivity contribution in [2.45, 2.75) is 56.7 Å². The van der Waals surface area contributed by atoms with E-state index in [-0.39, 0.29) is 40.4 Å². The van der Waals surface area contributed by atoms with Crippen molar-refractivity contribution in [1.29, 1.82) is 0 Å². The fourth-order valence-corrected chi connectivity index (χ4v) is 8.19. The molecule has 2 N–H and O–H groups in total. The molecule has 2 aliphatic rings. The van der Waals surface area contributed by atoms with Crippen molar-refractivity contribution in [3.05, 3.63) is 78.8 Å². The van der Waals surface area contributed by atoms with Crippen molar-refractivity contribution in [2.75, 3.05) is 52.4 Å². The molecular weight excluding hydrogens is 793 g/mol. The number of aryl methyl sites for hydroxylation is 1. The smallest absolute Gasteiger partial charge is 0.449 e. The summed E-state index contributed by atoms with van der Waals surface area (Å²) in [7, 11) is 0. The van der Waals surface area contributed by atoms with Crippen LogP contribution in [0.4, 0.5) is 26.3 Å². The van der Waals surface area contributed by atoms with Crippen LogP contribution in [0.25, 0.3) is 10.2 Å². The van der Waals surface area contributed by atoms with Gasteiger partial charge >= 0.3 is 29.2 Å². The number of carbonyl (C=O) groups is 3. The maximum atomic E-state index is 13.2. The van der Waals surface area contributed by atoms with E-state index < -0.39 is 41.0 Å². The number of morpholine rings is 1. The lowest BCUT2D eigenvalue weighted by atomic mass is 9.89. The van der Waals surface area contributed by atoms with Crippen LogP contribution in [0.15, 0.2) is 46.6 Å². The van der Waals surface area contributed by atoms with E-state index in [2.05, 4.69) is 24.9 Å². The number of piperidine rings is 1. The summed E-state index contributed by atoms with van der Waals surface area (Å²) in [5.41, 5.74) is 1.68. The fraction of sp³-hybridized carbons (Fsp3) is 0.472. The van der Waals surface area contributed by atoms with Crippen molar-refractivity contribution < 1.29 is 54.9 Å². The number of H-pyrrole nitrogens is 1. The van der Waals surface area contributed by atoms with Crippen LogP contribution in [0.2, 0.25) is 0 Å². The Balaban J connectivity index is 0.996. The fourth-order valence-electron chi connectivity index (χ4n) is 6.69. The first-order valence-electron chi connectivity index (χ1n) is 17.6. The Morgan fingerprint density at radius 3 is 2.30 bits per heavy atom. The van der Waals surface area contributed by atoms with Crippen molar-refractivity contribution in [3.63, 3.8) is 0 Å². The number of fused-ring (bicyclic) bond motifs is 1. The third kappa shape index (κ3) is 10.1. The van der Waals surface area contributed by atoms with Gasteiger partial charge in [0.2, 0.25) is 0 Å². The molecule has 0 saturated carbocycles. The molecule has 1 atom stereocenters. The third-order valence-corrected chi connectivity index (χ3v) is 11.3. The summed E-state index contributed by atoms with van der Waals surface area (Å²) < 4.78 is 93.2. The highest BCUT2D eigenvalue weighted by molar-refractivity contribution is 7.16. The molecule has 0 radical (unpaired) electrons. The summed E-state index contributed by atoms with van der Waals surface area (Å²) >= 11 is 1.90. The highest BCUT2D eigenvalue weighted by Crippen LogP contribution is 2.36. The highest BCUT2D eigenvalue weighted by atomic mass is 32.1. The third-order valence-electron chi connectivity index (χ3n) is 9.63. The zero-order chi connectivity index (χ0) is 40.3. The molecule has 12 nitrogen and oxygen atoms in total. The van der Waals surface area contributed by atoms with Crippen molar-refractivity contribution in [3.8, 4) is 5.75 Å². The van der Waals surface area contributed by atoms with Gasteiger partial charge in [-0.25, -0.2) is 14.6 Å². The minimum atomic E-state index is -5.35. The van der Waals surface area contributed by atoms with E-state index >= 15 is 0 Å². The summed E-state index contributed by atoms with van der Waals surface area (Å²) in [6.45, 7) is 5.88. The Morgan fingerprint density at radius 2 is 1.66 bits per heavy atom. The molecule has 2 fully saturated rings. The largest absolute Gasteiger partial charge is 0.491 e. The standard InChI is InChI=1S/C36H37F6N5O7S2/c1-21-44-25(19-55-21)30(48)47-16-17-52-34(20-47)10-14-46(15-11-34)13-9-23-4-2-22(3-5-23)8-12-43-18-27(54-32(50)36(40,41)42)24-6-7-26(53-31(49)35(37,38)39)28-29(24)56-33(51)45-28/h2-7,19,27,43H,8-18,20H2,1H3,(H,45,51)/t27-/m0/s1. The second kappa shape index (κ2) is 17.0. The molecule has 2 aromatic carbocycles. The number of thiazole rings is 2. The number of hydrogen-bond donors (Lipinski definition) is 2. The minimum absolute atomic E-state index is 0.0572. The number of aromatic nitrogens is 2.